The third-order valence-electron chi connectivity index (χ3n) is 2.74. The smallest absolute Gasteiger partial charge is 0.322 e. The van der Waals surface area contributed by atoms with Gasteiger partial charge in [0.25, 0.3) is 5.91 Å². The van der Waals surface area contributed by atoms with Crippen molar-refractivity contribution in [3.05, 3.63) is 60.1 Å². The van der Waals surface area contributed by atoms with Crippen molar-refractivity contribution in [2.75, 3.05) is 0 Å². The zero-order chi connectivity index (χ0) is 14.5. The third kappa shape index (κ3) is 2.59. The molecule has 1 unspecified atom stereocenters. The van der Waals surface area contributed by atoms with E-state index < -0.39 is 18.0 Å². The fourth-order valence-corrected chi connectivity index (χ4v) is 1.82. The summed E-state index contributed by atoms with van der Waals surface area (Å²) in [6, 6.07) is 9.20. The van der Waals surface area contributed by atoms with Crippen LogP contribution in [0.15, 0.2) is 53.1 Å². The Hall–Kier alpha value is -2.89. The Bertz CT molecular complexity index is 607. The predicted octanol–water partition coefficient (Wildman–Crippen LogP) is 1.74. The van der Waals surface area contributed by atoms with Gasteiger partial charge in [-0.05, 0) is 17.7 Å². The summed E-state index contributed by atoms with van der Waals surface area (Å²) in [5.74, 6) is -0.824. The molecule has 2 aromatic rings. The molecule has 0 bridgehead atoms. The van der Waals surface area contributed by atoms with Crippen molar-refractivity contribution in [3.63, 3.8) is 0 Å². The second-order valence-corrected chi connectivity index (χ2v) is 3.98. The molecule has 0 fully saturated rings. The van der Waals surface area contributed by atoms with Gasteiger partial charge in [0.2, 0.25) is 0 Å². The summed E-state index contributed by atoms with van der Waals surface area (Å²) in [7, 11) is 0. The lowest BCUT2D eigenvalue weighted by molar-refractivity contribution is -0.111. The summed E-state index contributed by atoms with van der Waals surface area (Å²) < 4.78 is 4.94. The lowest BCUT2D eigenvalue weighted by Gasteiger charge is -2.23. The van der Waals surface area contributed by atoms with Crippen LogP contribution in [0.2, 0.25) is 0 Å². The Labute approximate surface area is 114 Å². The van der Waals surface area contributed by atoms with Gasteiger partial charge in [-0.3, -0.25) is 4.79 Å². The third-order valence-corrected chi connectivity index (χ3v) is 2.74. The highest BCUT2D eigenvalue weighted by Gasteiger charge is 2.31. The van der Waals surface area contributed by atoms with Gasteiger partial charge >= 0.3 is 6.03 Å². The van der Waals surface area contributed by atoms with E-state index in [1.807, 2.05) is 0 Å². The lowest BCUT2D eigenvalue weighted by Crippen LogP contribution is -2.43. The minimum atomic E-state index is -1.09. The number of imide groups is 1. The number of carbonyl (C=O) groups is 3. The highest BCUT2D eigenvalue weighted by Crippen LogP contribution is 2.21. The number of primary amides is 1. The van der Waals surface area contributed by atoms with Crippen LogP contribution < -0.4 is 5.73 Å². The van der Waals surface area contributed by atoms with Crippen molar-refractivity contribution < 1.29 is 18.8 Å². The molecule has 2 rings (SSSR count). The van der Waals surface area contributed by atoms with Crippen LogP contribution in [0.3, 0.4) is 0 Å². The molecule has 6 heteroatoms. The van der Waals surface area contributed by atoms with Crippen LogP contribution in [-0.4, -0.2) is 23.1 Å². The van der Waals surface area contributed by atoms with Gasteiger partial charge in [0, 0.05) is 0 Å². The zero-order valence-electron chi connectivity index (χ0n) is 10.4. The fourth-order valence-electron chi connectivity index (χ4n) is 1.82. The Morgan fingerprint density at radius 3 is 2.35 bits per heavy atom. The van der Waals surface area contributed by atoms with Crippen molar-refractivity contribution in [1.29, 1.82) is 0 Å². The number of furan rings is 1. The van der Waals surface area contributed by atoms with Gasteiger partial charge in [0.15, 0.2) is 5.76 Å². The predicted molar refractivity (Wildman–Crippen MR) is 69.7 cm³/mol. The van der Waals surface area contributed by atoms with Gasteiger partial charge in [-0.15, -0.1) is 0 Å². The molecule has 0 saturated heterocycles. The van der Waals surface area contributed by atoms with Crippen molar-refractivity contribution >= 4 is 18.2 Å². The van der Waals surface area contributed by atoms with E-state index in [4.69, 9.17) is 10.2 Å². The van der Waals surface area contributed by atoms with E-state index in [9.17, 15) is 14.4 Å². The average molecular weight is 272 g/mol. The topological polar surface area (TPSA) is 93.6 Å². The normalized spacial score (nSPS) is 11.6. The molecule has 1 aromatic carbocycles. The summed E-state index contributed by atoms with van der Waals surface area (Å²) in [5.41, 5.74) is 5.71. The molecule has 0 spiro atoms. The largest absolute Gasteiger partial charge is 0.459 e. The maximum absolute atomic E-state index is 12.2. The minimum Gasteiger partial charge on any atom is -0.459 e. The Balaban J connectivity index is 2.39. The molecule has 20 heavy (non-hydrogen) atoms. The number of urea groups is 1. The number of hydrogen-bond acceptors (Lipinski definition) is 4. The van der Waals surface area contributed by atoms with E-state index in [1.54, 1.807) is 30.3 Å². The van der Waals surface area contributed by atoms with Crippen molar-refractivity contribution in [1.82, 2.24) is 4.90 Å². The number of nitrogens with zero attached hydrogens (tertiary/aromatic N) is 1. The molecular weight excluding hydrogens is 260 g/mol. The number of amides is 3. The molecule has 2 N–H and O–H groups in total. The lowest BCUT2D eigenvalue weighted by atomic mass is 10.1. The number of hydrogen-bond donors (Lipinski definition) is 1. The van der Waals surface area contributed by atoms with Crippen molar-refractivity contribution in [3.8, 4) is 0 Å². The van der Waals surface area contributed by atoms with Crippen LogP contribution in [0.25, 0.3) is 0 Å². The van der Waals surface area contributed by atoms with Crippen molar-refractivity contribution in [2.24, 2.45) is 5.73 Å². The maximum atomic E-state index is 12.2. The summed E-state index contributed by atoms with van der Waals surface area (Å²) in [6.07, 6.45) is 1.78. The first-order chi connectivity index (χ1) is 9.65. The molecule has 0 aliphatic heterocycles. The van der Waals surface area contributed by atoms with Crippen LogP contribution in [0.1, 0.15) is 22.2 Å². The van der Waals surface area contributed by atoms with Crippen LogP contribution in [-0.2, 0) is 4.79 Å². The molecule has 1 aromatic heterocycles. The Kier molecular flexibility index (Phi) is 3.95. The average Bonchev–Trinajstić information content (AvgIpc) is 2.98. The second-order valence-electron chi connectivity index (χ2n) is 3.98. The number of nitrogens with two attached hydrogens (primary N) is 1. The Morgan fingerprint density at radius 2 is 1.85 bits per heavy atom. The van der Waals surface area contributed by atoms with Gasteiger partial charge < -0.3 is 14.9 Å². The first-order valence-electron chi connectivity index (χ1n) is 5.82. The second kappa shape index (κ2) is 5.83. The van der Waals surface area contributed by atoms with Crippen LogP contribution in [0.5, 0.6) is 0 Å². The van der Waals surface area contributed by atoms with E-state index in [1.165, 1.54) is 18.4 Å². The molecule has 0 aliphatic rings. The zero-order valence-corrected chi connectivity index (χ0v) is 10.4. The van der Waals surface area contributed by atoms with E-state index in [0.717, 1.165) is 0 Å². The van der Waals surface area contributed by atoms with E-state index in [2.05, 4.69) is 0 Å². The van der Waals surface area contributed by atoms with E-state index in [0.29, 0.717) is 16.7 Å². The Morgan fingerprint density at radius 1 is 1.15 bits per heavy atom. The first kappa shape index (κ1) is 13.5. The SMILES string of the molecule is NC(=O)N(C(=O)c1ccco1)C(C=O)c1ccccc1. The molecule has 3 amide bonds. The molecule has 1 heterocycles. The van der Waals surface area contributed by atoms with Crippen molar-refractivity contribution in [2.45, 2.75) is 6.04 Å². The molecular formula is C14H12N2O4. The summed E-state index contributed by atoms with van der Waals surface area (Å²) in [4.78, 5) is 35.7. The monoisotopic (exact) mass is 272 g/mol. The number of carbonyl (C=O) groups excluding carboxylic acids is 3. The molecule has 0 radical (unpaired) electrons. The molecule has 1 atom stereocenters. The summed E-state index contributed by atoms with van der Waals surface area (Å²) in [5, 5.41) is 0. The quantitative estimate of drug-likeness (QED) is 0.858. The van der Waals surface area contributed by atoms with Crippen LogP contribution in [0, 0.1) is 0 Å². The van der Waals surface area contributed by atoms with Gasteiger partial charge in [0.05, 0.1) is 6.26 Å². The number of aldehydes is 1. The van der Waals surface area contributed by atoms with E-state index in [-0.39, 0.29) is 5.76 Å². The number of rotatable bonds is 4. The van der Waals surface area contributed by atoms with Gasteiger partial charge in [-0.1, -0.05) is 30.3 Å². The summed E-state index contributed by atoms with van der Waals surface area (Å²) >= 11 is 0. The fraction of sp³-hybridized carbons (Fsp3) is 0.0714. The molecule has 0 aliphatic carbocycles. The molecule has 6 nitrogen and oxygen atoms in total. The highest BCUT2D eigenvalue weighted by atomic mass is 16.3. The van der Waals surface area contributed by atoms with Crippen LogP contribution >= 0.6 is 0 Å². The molecule has 0 saturated carbocycles. The highest BCUT2D eigenvalue weighted by molar-refractivity contribution is 6.04. The summed E-state index contributed by atoms with van der Waals surface area (Å²) in [6.45, 7) is 0. The van der Waals surface area contributed by atoms with Gasteiger partial charge in [0.1, 0.15) is 12.3 Å². The van der Waals surface area contributed by atoms with Crippen LogP contribution in [0.4, 0.5) is 4.79 Å². The van der Waals surface area contributed by atoms with E-state index >= 15 is 0 Å². The standard InChI is InChI=1S/C14H12N2O4/c15-14(19)16(13(18)12-7-4-8-20-12)11(9-17)10-5-2-1-3-6-10/h1-9,11H,(H2,15,19). The van der Waals surface area contributed by atoms with Gasteiger partial charge in [-0.2, -0.15) is 0 Å². The molecule has 102 valence electrons. The van der Waals surface area contributed by atoms with Gasteiger partial charge in [-0.25, -0.2) is 9.69 Å². The number of benzene rings is 1. The minimum absolute atomic E-state index is 0.0634. The first-order valence-corrected chi connectivity index (χ1v) is 5.82. The maximum Gasteiger partial charge on any atom is 0.322 e.